The van der Waals surface area contributed by atoms with Crippen LogP contribution in [0, 0.1) is 5.92 Å². The van der Waals surface area contributed by atoms with Gasteiger partial charge in [-0.1, -0.05) is 6.07 Å². The summed E-state index contributed by atoms with van der Waals surface area (Å²) >= 11 is 0. The normalized spacial score (nSPS) is 15.1. The second kappa shape index (κ2) is 7.76. The van der Waals surface area contributed by atoms with Crippen LogP contribution >= 0.6 is 0 Å². The van der Waals surface area contributed by atoms with Crippen LogP contribution in [0.2, 0.25) is 0 Å². The van der Waals surface area contributed by atoms with Crippen molar-refractivity contribution in [2.45, 2.75) is 26.7 Å². The van der Waals surface area contributed by atoms with Gasteiger partial charge in [0, 0.05) is 31.3 Å². The third-order valence-corrected chi connectivity index (χ3v) is 3.83. The lowest BCUT2D eigenvalue weighted by atomic mass is 9.96. The number of likely N-dealkylation sites (tertiary alicyclic amines) is 1. The Balaban J connectivity index is 1.97. The molecule has 124 valence electrons. The van der Waals surface area contributed by atoms with Crippen LogP contribution < -0.4 is 5.32 Å². The maximum absolute atomic E-state index is 12.5. The number of piperidine rings is 1. The van der Waals surface area contributed by atoms with E-state index in [-0.39, 0.29) is 23.7 Å². The number of carbonyl (C=O) groups is 3. The number of hydrogen-bond donors (Lipinski definition) is 1. The van der Waals surface area contributed by atoms with Crippen LogP contribution in [0.15, 0.2) is 24.3 Å². The number of nitrogens with one attached hydrogen (secondary N) is 1. The number of rotatable bonds is 4. The summed E-state index contributed by atoms with van der Waals surface area (Å²) in [6, 6.07) is 6.88. The van der Waals surface area contributed by atoms with E-state index in [1.165, 1.54) is 6.92 Å². The maximum atomic E-state index is 12.5. The first-order chi connectivity index (χ1) is 11.0. The summed E-state index contributed by atoms with van der Waals surface area (Å²) in [5.74, 6) is -0.554. The lowest BCUT2D eigenvalue weighted by Gasteiger charge is -2.31. The number of nitrogens with zero attached hydrogens (tertiary/aromatic N) is 1. The lowest BCUT2D eigenvalue weighted by Crippen LogP contribution is -2.40. The number of ether oxygens (including phenoxy) is 1. The molecule has 1 N–H and O–H groups in total. The van der Waals surface area contributed by atoms with Crippen molar-refractivity contribution < 1.29 is 19.1 Å². The molecule has 1 aliphatic heterocycles. The van der Waals surface area contributed by atoms with Crippen LogP contribution in [0.25, 0.3) is 0 Å². The number of carbonyl (C=O) groups excluding carboxylic acids is 3. The average molecular weight is 318 g/mol. The van der Waals surface area contributed by atoms with E-state index in [0.717, 1.165) is 0 Å². The van der Waals surface area contributed by atoms with E-state index >= 15 is 0 Å². The van der Waals surface area contributed by atoms with Gasteiger partial charge in [0.15, 0.2) is 0 Å². The largest absolute Gasteiger partial charge is 0.466 e. The van der Waals surface area contributed by atoms with E-state index < -0.39 is 0 Å². The fourth-order valence-electron chi connectivity index (χ4n) is 2.69. The second-order valence-corrected chi connectivity index (χ2v) is 5.58. The number of amides is 2. The van der Waals surface area contributed by atoms with Crippen LogP contribution in [0.4, 0.5) is 5.69 Å². The van der Waals surface area contributed by atoms with Gasteiger partial charge in [0.25, 0.3) is 5.91 Å². The summed E-state index contributed by atoms with van der Waals surface area (Å²) in [6.45, 7) is 4.67. The van der Waals surface area contributed by atoms with Crippen LogP contribution in [-0.2, 0) is 14.3 Å². The van der Waals surface area contributed by atoms with E-state index in [4.69, 9.17) is 4.74 Å². The van der Waals surface area contributed by atoms with Gasteiger partial charge in [-0.05, 0) is 38.0 Å². The number of esters is 1. The fourth-order valence-corrected chi connectivity index (χ4v) is 2.69. The Bertz CT molecular complexity index is 592. The standard InChI is InChI=1S/C17H22N2O4/c1-3-23-17(22)13-7-9-19(10-8-13)16(21)14-5-4-6-15(11-14)18-12(2)20/h4-6,11,13H,3,7-10H2,1-2H3,(H,18,20). The predicted octanol–water partition coefficient (Wildman–Crippen LogP) is 2.06. The first kappa shape index (κ1) is 17.0. The van der Waals surface area contributed by atoms with E-state index in [2.05, 4.69) is 5.32 Å². The van der Waals surface area contributed by atoms with E-state index in [9.17, 15) is 14.4 Å². The smallest absolute Gasteiger partial charge is 0.309 e. The minimum Gasteiger partial charge on any atom is -0.466 e. The molecular formula is C17H22N2O4. The maximum Gasteiger partial charge on any atom is 0.309 e. The zero-order valence-corrected chi connectivity index (χ0v) is 13.5. The van der Waals surface area contributed by atoms with Gasteiger partial charge >= 0.3 is 5.97 Å². The molecular weight excluding hydrogens is 296 g/mol. The molecule has 0 spiro atoms. The molecule has 0 radical (unpaired) electrons. The molecule has 1 aliphatic rings. The molecule has 6 nitrogen and oxygen atoms in total. The van der Waals surface area contributed by atoms with Gasteiger partial charge in [0.05, 0.1) is 12.5 Å². The fraction of sp³-hybridized carbons (Fsp3) is 0.471. The monoisotopic (exact) mass is 318 g/mol. The molecule has 0 aliphatic carbocycles. The third kappa shape index (κ3) is 4.55. The second-order valence-electron chi connectivity index (χ2n) is 5.58. The number of anilines is 1. The SMILES string of the molecule is CCOC(=O)C1CCN(C(=O)c2cccc(NC(C)=O)c2)CC1. The molecule has 1 aromatic carbocycles. The molecule has 1 saturated heterocycles. The molecule has 0 saturated carbocycles. The van der Waals surface area contributed by atoms with Crippen molar-refractivity contribution in [3.05, 3.63) is 29.8 Å². The Kier molecular flexibility index (Phi) is 5.73. The first-order valence-corrected chi connectivity index (χ1v) is 7.84. The van der Waals surface area contributed by atoms with Gasteiger partial charge in [0.1, 0.15) is 0 Å². The molecule has 1 heterocycles. The Hall–Kier alpha value is -2.37. The summed E-state index contributed by atoms with van der Waals surface area (Å²) in [7, 11) is 0. The molecule has 6 heteroatoms. The molecule has 0 aromatic heterocycles. The Morgan fingerprint density at radius 2 is 1.96 bits per heavy atom. The highest BCUT2D eigenvalue weighted by Crippen LogP contribution is 2.21. The van der Waals surface area contributed by atoms with Crippen molar-refractivity contribution >= 4 is 23.5 Å². The van der Waals surface area contributed by atoms with Crippen molar-refractivity contribution in [2.24, 2.45) is 5.92 Å². The zero-order valence-electron chi connectivity index (χ0n) is 13.5. The van der Waals surface area contributed by atoms with Crippen LogP contribution in [0.1, 0.15) is 37.0 Å². The predicted molar refractivity (Wildman–Crippen MR) is 86.0 cm³/mol. The van der Waals surface area contributed by atoms with Gasteiger partial charge in [0.2, 0.25) is 5.91 Å². The number of benzene rings is 1. The highest BCUT2D eigenvalue weighted by Gasteiger charge is 2.28. The van der Waals surface area contributed by atoms with Crippen molar-refractivity contribution in [3.8, 4) is 0 Å². The topological polar surface area (TPSA) is 75.7 Å². The molecule has 23 heavy (non-hydrogen) atoms. The number of hydrogen-bond acceptors (Lipinski definition) is 4. The van der Waals surface area contributed by atoms with Gasteiger partial charge in [-0.3, -0.25) is 14.4 Å². The summed E-state index contributed by atoms with van der Waals surface area (Å²) < 4.78 is 5.03. The molecule has 0 atom stereocenters. The molecule has 2 amide bonds. The van der Waals surface area contributed by atoms with Crippen LogP contribution in [-0.4, -0.2) is 42.4 Å². The summed E-state index contributed by atoms with van der Waals surface area (Å²) in [4.78, 5) is 37.1. The van der Waals surface area contributed by atoms with Crippen LogP contribution in [0.5, 0.6) is 0 Å². The molecule has 1 fully saturated rings. The summed E-state index contributed by atoms with van der Waals surface area (Å²) in [6.07, 6.45) is 1.24. The molecule has 0 unspecified atom stereocenters. The van der Waals surface area contributed by atoms with Gasteiger partial charge in [-0.2, -0.15) is 0 Å². The molecule has 2 rings (SSSR count). The van der Waals surface area contributed by atoms with Crippen molar-refractivity contribution in [1.29, 1.82) is 0 Å². The third-order valence-electron chi connectivity index (χ3n) is 3.83. The van der Waals surface area contributed by atoms with Crippen molar-refractivity contribution in [3.63, 3.8) is 0 Å². The van der Waals surface area contributed by atoms with Crippen molar-refractivity contribution in [2.75, 3.05) is 25.0 Å². The van der Waals surface area contributed by atoms with E-state index in [1.54, 1.807) is 36.1 Å². The summed E-state index contributed by atoms with van der Waals surface area (Å²) in [5, 5.41) is 2.67. The average Bonchev–Trinajstić information content (AvgIpc) is 2.54. The molecule has 1 aromatic rings. The van der Waals surface area contributed by atoms with Gasteiger partial charge < -0.3 is 15.0 Å². The Labute approximate surface area is 135 Å². The van der Waals surface area contributed by atoms with E-state index in [1.807, 2.05) is 0 Å². The van der Waals surface area contributed by atoms with E-state index in [0.29, 0.717) is 43.8 Å². The highest BCUT2D eigenvalue weighted by atomic mass is 16.5. The Morgan fingerprint density at radius 1 is 1.26 bits per heavy atom. The first-order valence-electron chi connectivity index (χ1n) is 7.84. The van der Waals surface area contributed by atoms with Crippen LogP contribution in [0.3, 0.4) is 0 Å². The van der Waals surface area contributed by atoms with Gasteiger partial charge in [-0.15, -0.1) is 0 Å². The lowest BCUT2D eigenvalue weighted by molar-refractivity contribution is -0.149. The molecule has 0 bridgehead atoms. The summed E-state index contributed by atoms with van der Waals surface area (Å²) in [5.41, 5.74) is 1.13. The Morgan fingerprint density at radius 3 is 2.57 bits per heavy atom. The highest BCUT2D eigenvalue weighted by molar-refractivity contribution is 5.97. The quantitative estimate of drug-likeness (QED) is 0.862. The van der Waals surface area contributed by atoms with Crippen molar-refractivity contribution in [1.82, 2.24) is 4.90 Å². The zero-order chi connectivity index (χ0) is 16.8. The minimum absolute atomic E-state index is 0.0838. The minimum atomic E-state index is -0.176. The van der Waals surface area contributed by atoms with Gasteiger partial charge in [-0.25, -0.2) is 0 Å².